The Labute approximate surface area is 211 Å². The van der Waals surface area contributed by atoms with E-state index in [-0.39, 0.29) is 23.3 Å². The minimum absolute atomic E-state index is 0.0138. The van der Waals surface area contributed by atoms with Crippen LogP contribution in [0.1, 0.15) is 66.5 Å². The lowest BCUT2D eigenvalue weighted by atomic mass is 9.76. The van der Waals surface area contributed by atoms with Crippen LogP contribution >= 0.6 is 0 Å². The fraction of sp³-hybridized carbons (Fsp3) is 0.607. The number of likely N-dealkylation sites (N-methyl/N-ethyl adjacent to an activating group) is 2. The molecule has 0 spiro atoms. The zero-order valence-corrected chi connectivity index (χ0v) is 23.3. The summed E-state index contributed by atoms with van der Waals surface area (Å²) in [7, 11) is 3.41. The SMILES string of the molecule is CN[C@H](C(=O)NC(C(=O)N(C)[C@H](/C=C(\C)C(=O)O)C(C)C)C(C)(C)C)C(C)(C)c1ccc(C)cc1. The molecule has 0 bridgehead atoms. The fourth-order valence-electron chi connectivity index (χ4n) is 4.27. The number of hydrogen-bond acceptors (Lipinski definition) is 4. The van der Waals surface area contributed by atoms with Crippen molar-refractivity contribution in [1.29, 1.82) is 0 Å². The Balaban J connectivity index is 3.30. The number of aryl methyl sites for hydroxylation is 1. The molecule has 1 rings (SSSR count). The van der Waals surface area contributed by atoms with Crippen molar-refractivity contribution in [1.82, 2.24) is 15.5 Å². The molecular weight excluding hydrogens is 442 g/mol. The summed E-state index contributed by atoms with van der Waals surface area (Å²) in [6.45, 7) is 17.2. The van der Waals surface area contributed by atoms with Gasteiger partial charge in [-0.2, -0.15) is 0 Å². The first kappa shape index (κ1) is 30.4. The van der Waals surface area contributed by atoms with Crippen molar-refractivity contribution in [2.45, 2.75) is 85.9 Å². The molecule has 0 aliphatic heterocycles. The number of rotatable bonds is 10. The summed E-state index contributed by atoms with van der Waals surface area (Å²) < 4.78 is 0. The molecule has 35 heavy (non-hydrogen) atoms. The van der Waals surface area contributed by atoms with Gasteiger partial charge in [0.15, 0.2) is 0 Å². The van der Waals surface area contributed by atoms with Gasteiger partial charge in [0.25, 0.3) is 0 Å². The number of amides is 2. The number of aliphatic carboxylic acids is 1. The molecule has 7 nitrogen and oxygen atoms in total. The van der Waals surface area contributed by atoms with Crippen LogP contribution in [0.2, 0.25) is 0 Å². The highest BCUT2D eigenvalue weighted by molar-refractivity contribution is 5.91. The van der Waals surface area contributed by atoms with Gasteiger partial charge < -0.3 is 20.6 Å². The Bertz CT molecular complexity index is 927. The third kappa shape index (κ3) is 7.66. The maximum atomic E-state index is 13.7. The fourth-order valence-corrected chi connectivity index (χ4v) is 4.27. The average Bonchev–Trinajstić information content (AvgIpc) is 2.74. The minimum Gasteiger partial charge on any atom is -0.478 e. The van der Waals surface area contributed by atoms with Crippen molar-refractivity contribution in [2.75, 3.05) is 14.1 Å². The van der Waals surface area contributed by atoms with E-state index >= 15 is 0 Å². The van der Waals surface area contributed by atoms with E-state index in [1.807, 2.05) is 79.7 Å². The Morgan fingerprint density at radius 1 is 1.00 bits per heavy atom. The van der Waals surface area contributed by atoms with Gasteiger partial charge in [-0.1, -0.05) is 84.4 Å². The average molecular weight is 488 g/mol. The number of nitrogens with zero attached hydrogens (tertiary/aromatic N) is 1. The summed E-state index contributed by atoms with van der Waals surface area (Å²) in [5.41, 5.74) is 1.23. The third-order valence-corrected chi connectivity index (χ3v) is 6.70. The summed E-state index contributed by atoms with van der Waals surface area (Å²) in [4.78, 5) is 40.2. The van der Waals surface area contributed by atoms with Crippen LogP contribution in [0.25, 0.3) is 0 Å². The summed E-state index contributed by atoms with van der Waals surface area (Å²) in [5.74, 6) is -1.56. The minimum atomic E-state index is -1.02. The predicted octanol–water partition coefficient (Wildman–Crippen LogP) is 3.91. The lowest BCUT2D eigenvalue weighted by Gasteiger charge is -2.40. The maximum Gasteiger partial charge on any atom is 0.331 e. The van der Waals surface area contributed by atoms with E-state index in [1.165, 1.54) is 6.92 Å². The van der Waals surface area contributed by atoms with E-state index in [0.29, 0.717) is 0 Å². The van der Waals surface area contributed by atoms with Gasteiger partial charge in [-0.05, 0) is 37.8 Å². The first-order chi connectivity index (χ1) is 15.9. The molecule has 0 saturated carbocycles. The Kier molecular flexibility index (Phi) is 10.3. The molecule has 0 aliphatic rings. The first-order valence-corrected chi connectivity index (χ1v) is 12.2. The van der Waals surface area contributed by atoms with Gasteiger partial charge in [0, 0.05) is 18.0 Å². The van der Waals surface area contributed by atoms with Crippen LogP contribution in [0.15, 0.2) is 35.9 Å². The second kappa shape index (κ2) is 11.8. The van der Waals surface area contributed by atoms with E-state index < -0.39 is 34.9 Å². The van der Waals surface area contributed by atoms with Crippen LogP contribution in [0.5, 0.6) is 0 Å². The molecule has 3 N–H and O–H groups in total. The van der Waals surface area contributed by atoms with Crippen molar-refractivity contribution in [2.24, 2.45) is 11.3 Å². The van der Waals surface area contributed by atoms with Crippen molar-refractivity contribution >= 4 is 17.8 Å². The molecule has 7 heteroatoms. The van der Waals surface area contributed by atoms with Gasteiger partial charge in [-0.15, -0.1) is 0 Å². The molecular formula is C28H45N3O4. The van der Waals surface area contributed by atoms with Gasteiger partial charge in [0.1, 0.15) is 6.04 Å². The number of carbonyl (C=O) groups excluding carboxylic acids is 2. The van der Waals surface area contributed by atoms with E-state index in [9.17, 15) is 19.5 Å². The molecule has 0 fully saturated rings. The summed E-state index contributed by atoms with van der Waals surface area (Å²) in [6, 6.07) is 6.29. The standard InChI is InChI=1S/C28H45N3O4/c1-17(2)21(16-19(4)26(34)35)31(11)25(33)23(27(5,6)7)30-24(32)22(29-10)28(8,9)20-14-12-18(3)13-15-20/h12-17,21-23,29H,1-11H3,(H,30,32)(H,34,35)/b19-16+/t21-,22-,23?/m1/s1. The van der Waals surface area contributed by atoms with Crippen LogP contribution < -0.4 is 10.6 Å². The maximum absolute atomic E-state index is 13.7. The highest BCUT2D eigenvalue weighted by Gasteiger charge is 2.41. The molecule has 1 unspecified atom stereocenters. The number of nitrogens with one attached hydrogen (secondary N) is 2. The first-order valence-electron chi connectivity index (χ1n) is 12.2. The van der Waals surface area contributed by atoms with Crippen LogP contribution in [0, 0.1) is 18.3 Å². The highest BCUT2D eigenvalue weighted by Crippen LogP contribution is 2.29. The quantitative estimate of drug-likeness (QED) is 0.435. The van der Waals surface area contributed by atoms with Gasteiger partial charge >= 0.3 is 5.97 Å². The van der Waals surface area contributed by atoms with E-state index in [4.69, 9.17) is 0 Å². The summed E-state index contributed by atoms with van der Waals surface area (Å²) in [6.07, 6.45) is 1.60. The lowest BCUT2D eigenvalue weighted by Crippen LogP contribution is -2.61. The van der Waals surface area contributed by atoms with Crippen molar-refractivity contribution in [3.8, 4) is 0 Å². The lowest BCUT2D eigenvalue weighted by molar-refractivity contribution is -0.141. The second-order valence-corrected chi connectivity index (χ2v) is 11.5. The number of carboxylic acid groups (broad SMARTS) is 1. The van der Waals surface area contributed by atoms with Crippen LogP contribution in [0.3, 0.4) is 0 Å². The molecule has 0 radical (unpaired) electrons. The Morgan fingerprint density at radius 2 is 1.51 bits per heavy atom. The zero-order chi connectivity index (χ0) is 27.3. The summed E-state index contributed by atoms with van der Waals surface area (Å²) in [5, 5.41) is 15.5. The van der Waals surface area contributed by atoms with E-state index in [0.717, 1.165) is 11.1 Å². The predicted molar refractivity (Wildman–Crippen MR) is 141 cm³/mol. The number of carbonyl (C=O) groups is 3. The molecule has 1 aromatic carbocycles. The van der Waals surface area contributed by atoms with Gasteiger partial charge in [0.2, 0.25) is 11.8 Å². The number of hydrogen-bond donors (Lipinski definition) is 3. The van der Waals surface area contributed by atoms with Gasteiger partial charge in [0.05, 0.1) is 12.1 Å². The molecule has 0 saturated heterocycles. The monoisotopic (exact) mass is 487 g/mol. The van der Waals surface area contributed by atoms with Crippen molar-refractivity contribution in [3.63, 3.8) is 0 Å². The molecule has 0 heterocycles. The van der Waals surface area contributed by atoms with Gasteiger partial charge in [-0.3, -0.25) is 9.59 Å². The number of benzene rings is 1. The molecule has 196 valence electrons. The molecule has 2 amide bonds. The molecule has 0 aliphatic carbocycles. The zero-order valence-electron chi connectivity index (χ0n) is 23.3. The Morgan fingerprint density at radius 3 is 1.91 bits per heavy atom. The van der Waals surface area contributed by atoms with Crippen LogP contribution in [-0.4, -0.2) is 60.0 Å². The summed E-state index contributed by atoms with van der Waals surface area (Å²) >= 11 is 0. The highest BCUT2D eigenvalue weighted by atomic mass is 16.4. The third-order valence-electron chi connectivity index (χ3n) is 6.70. The van der Waals surface area contributed by atoms with E-state index in [1.54, 1.807) is 25.1 Å². The van der Waals surface area contributed by atoms with Crippen molar-refractivity contribution in [3.05, 3.63) is 47.0 Å². The van der Waals surface area contributed by atoms with Crippen LogP contribution in [0.4, 0.5) is 0 Å². The topological polar surface area (TPSA) is 98.7 Å². The molecule has 0 aromatic heterocycles. The Hall–Kier alpha value is -2.67. The molecule has 3 atom stereocenters. The normalized spacial score (nSPS) is 15.4. The van der Waals surface area contributed by atoms with E-state index in [2.05, 4.69) is 10.6 Å². The van der Waals surface area contributed by atoms with Gasteiger partial charge in [-0.25, -0.2) is 4.79 Å². The number of carboxylic acids is 1. The van der Waals surface area contributed by atoms with Crippen molar-refractivity contribution < 1.29 is 19.5 Å². The second-order valence-electron chi connectivity index (χ2n) is 11.5. The smallest absolute Gasteiger partial charge is 0.331 e. The van der Waals surface area contributed by atoms with Crippen LogP contribution in [-0.2, 0) is 19.8 Å². The molecule has 1 aromatic rings. The largest absolute Gasteiger partial charge is 0.478 e.